The molecule has 0 radical (unpaired) electrons. The summed E-state index contributed by atoms with van der Waals surface area (Å²) >= 11 is 0. The number of piperidine rings is 1. The number of hydrogen-bond donors (Lipinski definition) is 1. The van der Waals surface area contributed by atoms with Crippen LogP contribution in [-0.4, -0.2) is 18.9 Å². The third kappa shape index (κ3) is 1.79. The lowest BCUT2D eigenvalue weighted by Gasteiger charge is -2.23. The van der Waals surface area contributed by atoms with E-state index in [0.29, 0.717) is 0 Å². The van der Waals surface area contributed by atoms with Crippen LogP contribution in [0.25, 0.3) is 0 Å². The van der Waals surface area contributed by atoms with Crippen LogP contribution in [-0.2, 0) is 4.79 Å². The zero-order chi connectivity index (χ0) is 6.69. The summed E-state index contributed by atoms with van der Waals surface area (Å²) in [6.45, 7) is 3.20. The fourth-order valence-electron chi connectivity index (χ4n) is 1.25. The molecule has 1 aliphatic heterocycles. The van der Waals surface area contributed by atoms with Gasteiger partial charge in [0.15, 0.2) is 0 Å². The molecule has 0 aromatic heterocycles. The van der Waals surface area contributed by atoms with E-state index in [-0.39, 0.29) is 6.04 Å². The zero-order valence-corrected chi connectivity index (χ0v) is 5.76. The van der Waals surface area contributed by atoms with E-state index < -0.39 is 0 Å². The first kappa shape index (κ1) is 6.75. The second kappa shape index (κ2) is 2.97. The predicted molar refractivity (Wildman–Crippen MR) is 36.3 cm³/mol. The van der Waals surface area contributed by atoms with E-state index in [1.807, 2.05) is 0 Å². The minimum atomic E-state index is 0.133. The normalized spacial score (nSPS) is 36.1. The van der Waals surface area contributed by atoms with Gasteiger partial charge in [0.1, 0.15) is 6.29 Å². The van der Waals surface area contributed by atoms with Crippen molar-refractivity contribution in [2.45, 2.75) is 25.8 Å². The summed E-state index contributed by atoms with van der Waals surface area (Å²) in [5.74, 6) is 0.724. The highest BCUT2D eigenvalue weighted by atomic mass is 16.1. The molecule has 2 heteroatoms. The fraction of sp³-hybridized carbons (Fsp3) is 0.857. The molecule has 2 nitrogen and oxygen atoms in total. The molecule has 1 saturated heterocycles. The summed E-state index contributed by atoms with van der Waals surface area (Å²) in [7, 11) is 0. The van der Waals surface area contributed by atoms with E-state index in [4.69, 9.17) is 0 Å². The number of carbonyl (C=O) groups is 1. The third-order valence-electron chi connectivity index (χ3n) is 1.86. The first-order valence-electron chi connectivity index (χ1n) is 3.51. The summed E-state index contributed by atoms with van der Waals surface area (Å²) in [6.07, 6.45) is 3.24. The maximum absolute atomic E-state index is 10.2. The summed E-state index contributed by atoms with van der Waals surface area (Å²) in [5.41, 5.74) is 0. The van der Waals surface area contributed by atoms with Crippen molar-refractivity contribution in [2.24, 2.45) is 5.92 Å². The van der Waals surface area contributed by atoms with Crippen LogP contribution in [0.15, 0.2) is 0 Å². The first-order chi connectivity index (χ1) is 4.33. The van der Waals surface area contributed by atoms with E-state index in [2.05, 4.69) is 12.2 Å². The topological polar surface area (TPSA) is 29.1 Å². The molecule has 52 valence electrons. The molecule has 1 heterocycles. The van der Waals surface area contributed by atoms with Gasteiger partial charge in [0.2, 0.25) is 0 Å². The Morgan fingerprint density at radius 2 is 2.44 bits per heavy atom. The lowest BCUT2D eigenvalue weighted by molar-refractivity contribution is -0.110. The quantitative estimate of drug-likeness (QED) is 0.522. The van der Waals surface area contributed by atoms with Crippen LogP contribution in [0.1, 0.15) is 19.8 Å². The third-order valence-corrected chi connectivity index (χ3v) is 1.86. The molecule has 0 spiro atoms. The second-order valence-corrected chi connectivity index (χ2v) is 2.83. The molecule has 0 saturated carbocycles. The number of rotatable bonds is 1. The molecule has 0 aliphatic carbocycles. The van der Waals surface area contributed by atoms with Gasteiger partial charge in [-0.25, -0.2) is 0 Å². The minimum absolute atomic E-state index is 0.133. The van der Waals surface area contributed by atoms with E-state index in [1.54, 1.807) is 0 Å². The van der Waals surface area contributed by atoms with Gasteiger partial charge >= 0.3 is 0 Å². The molecule has 0 unspecified atom stereocenters. The molecule has 1 rings (SSSR count). The SMILES string of the molecule is C[C@@H]1CCN[C@H](C=O)C1. The molecule has 0 bridgehead atoms. The van der Waals surface area contributed by atoms with Gasteiger partial charge in [0, 0.05) is 0 Å². The molecule has 9 heavy (non-hydrogen) atoms. The molecule has 2 atom stereocenters. The maximum atomic E-state index is 10.2. The van der Waals surface area contributed by atoms with Crippen molar-refractivity contribution >= 4 is 6.29 Å². The van der Waals surface area contributed by atoms with Gasteiger partial charge in [-0.05, 0) is 25.3 Å². The highest BCUT2D eigenvalue weighted by molar-refractivity contribution is 5.57. The Bertz CT molecular complexity index is 103. The van der Waals surface area contributed by atoms with Crippen molar-refractivity contribution in [1.82, 2.24) is 5.32 Å². The van der Waals surface area contributed by atoms with Crippen LogP contribution < -0.4 is 5.32 Å². The zero-order valence-electron chi connectivity index (χ0n) is 5.76. The fourth-order valence-corrected chi connectivity index (χ4v) is 1.25. The monoisotopic (exact) mass is 127 g/mol. The predicted octanol–water partition coefficient (Wildman–Crippen LogP) is 0.573. The molecule has 1 fully saturated rings. The second-order valence-electron chi connectivity index (χ2n) is 2.83. The van der Waals surface area contributed by atoms with E-state index in [0.717, 1.165) is 25.2 Å². The molecule has 0 aromatic rings. The van der Waals surface area contributed by atoms with Crippen LogP contribution >= 0.6 is 0 Å². The standard InChI is InChI=1S/C7H13NO/c1-6-2-3-8-7(4-6)5-9/h5-8H,2-4H2,1H3/t6-,7+/m1/s1. The molecule has 1 aliphatic rings. The molecular weight excluding hydrogens is 114 g/mol. The van der Waals surface area contributed by atoms with Gasteiger partial charge in [-0.2, -0.15) is 0 Å². The number of nitrogens with one attached hydrogen (secondary N) is 1. The van der Waals surface area contributed by atoms with Crippen molar-refractivity contribution in [1.29, 1.82) is 0 Å². The first-order valence-corrected chi connectivity index (χ1v) is 3.51. The van der Waals surface area contributed by atoms with Crippen molar-refractivity contribution < 1.29 is 4.79 Å². The van der Waals surface area contributed by atoms with Gasteiger partial charge in [0.05, 0.1) is 6.04 Å². The average molecular weight is 127 g/mol. The largest absolute Gasteiger partial charge is 0.308 e. The van der Waals surface area contributed by atoms with Gasteiger partial charge in [-0.1, -0.05) is 6.92 Å². The van der Waals surface area contributed by atoms with Crippen molar-refractivity contribution in [3.63, 3.8) is 0 Å². The number of hydrogen-bond acceptors (Lipinski definition) is 2. The molecule has 1 N–H and O–H groups in total. The molecule has 0 amide bonds. The van der Waals surface area contributed by atoms with E-state index in [1.165, 1.54) is 6.42 Å². The highest BCUT2D eigenvalue weighted by Gasteiger charge is 2.16. The summed E-state index contributed by atoms with van der Waals surface area (Å²) in [5, 5.41) is 3.13. The van der Waals surface area contributed by atoms with E-state index in [9.17, 15) is 4.79 Å². The van der Waals surface area contributed by atoms with Gasteiger partial charge in [-0.3, -0.25) is 0 Å². The Balaban J connectivity index is 2.31. The Kier molecular flexibility index (Phi) is 2.22. The molecular formula is C7H13NO. The number of aldehydes is 1. The van der Waals surface area contributed by atoms with Crippen LogP contribution in [0, 0.1) is 5.92 Å². The highest BCUT2D eigenvalue weighted by Crippen LogP contribution is 2.12. The summed E-state index contributed by atoms with van der Waals surface area (Å²) in [6, 6.07) is 0.133. The van der Waals surface area contributed by atoms with Crippen molar-refractivity contribution in [3.05, 3.63) is 0 Å². The lowest BCUT2D eigenvalue weighted by Crippen LogP contribution is -2.38. The van der Waals surface area contributed by atoms with Crippen molar-refractivity contribution in [2.75, 3.05) is 6.54 Å². The number of carbonyl (C=O) groups excluding carboxylic acids is 1. The van der Waals surface area contributed by atoms with Crippen LogP contribution in [0.4, 0.5) is 0 Å². The van der Waals surface area contributed by atoms with Crippen LogP contribution in [0.3, 0.4) is 0 Å². The minimum Gasteiger partial charge on any atom is -0.308 e. The Morgan fingerprint density at radius 3 is 2.89 bits per heavy atom. The maximum Gasteiger partial charge on any atom is 0.136 e. The summed E-state index contributed by atoms with van der Waals surface area (Å²) in [4.78, 5) is 10.2. The lowest BCUT2D eigenvalue weighted by atomic mass is 9.95. The van der Waals surface area contributed by atoms with Gasteiger partial charge < -0.3 is 10.1 Å². The van der Waals surface area contributed by atoms with Crippen LogP contribution in [0.2, 0.25) is 0 Å². The Labute approximate surface area is 55.6 Å². The Hall–Kier alpha value is -0.370. The van der Waals surface area contributed by atoms with Crippen LogP contribution in [0.5, 0.6) is 0 Å². The Morgan fingerprint density at radius 1 is 1.67 bits per heavy atom. The average Bonchev–Trinajstić information content (AvgIpc) is 1.88. The van der Waals surface area contributed by atoms with Gasteiger partial charge in [0.25, 0.3) is 0 Å². The van der Waals surface area contributed by atoms with Gasteiger partial charge in [-0.15, -0.1) is 0 Å². The smallest absolute Gasteiger partial charge is 0.136 e. The van der Waals surface area contributed by atoms with E-state index >= 15 is 0 Å². The molecule has 0 aromatic carbocycles. The summed E-state index contributed by atoms with van der Waals surface area (Å²) < 4.78 is 0. The van der Waals surface area contributed by atoms with Crippen molar-refractivity contribution in [3.8, 4) is 0 Å².